The second kappa shape index (κ2) is 6.73. The first-order valence-electron chi connectivity index (χ1n) is 7.00. The first-order chi connectivity index (χ1) is 11.1. The Kier molecular flexibility index (Phi) is 4.75. The average Bonchev–Trinajstić information content (AvgIpc) is 2.85. The molecule has 0 aliphatic rings. The molecule has 23 heavy (non-hydrogen) atoms. The van der Waals surface area contributed by atoms with Crippen LogP contribution in [0.15, 0.2) is 36.8 Å². The monoisotopic (exact) mass is 316 g/mol. The van der Waals surface area contributed by atoms with Gasteiger partial charge in [-0.25, -0.2) is 4.52 Å². The second-order valence-corrected chi connectivity index (χ2v) is 4.35. The molecule has 1 N–H and O–H groups in total. The number of aryl methyl sites for hydroxylation is 1. The van der Waals surface area contributed by atoms with Crippen LogP contribution in [0.25, 0.3) is 5.52 Å². The Morgan fingerprint density at radius 2 is 1.91 bits per heavy atom. The van der Waals surface area contributed by atoms with Crippen LogP contribution >= 0.6 is 0 Å². The molecule has 3 aromatic rings. The number of rotatable bonds is 3. The van der Waals surface area contributed by atoms with E-state index in [1.807, 2.05) is 13.8 Å². The number of hydrogen-bond acceptors (Lipinski definition) is 6. The minimum Gasteiger partial charge on any atom is -0.506 e. The number of aromatic hydroxyl groups is 1. The molecule has 0 spiro atoms. The van der Waals surface area contributed by atoms with Crippen LogP contribution in [-0.2, 0) is 0 Å². The van der Waals surface area contributed by atoms with Gasteiger partial charge in [0.25, 0.3) is 5.69 Å². The van der Waals surface area contributed by atoms with Gasteiger partial charge in [0.1, 0.15) is 23.3 Å². The molecule has 0 amide bonds. The number of hydrogen-bond donors (Lipinski definition) is 1. The number of nitrogens with zero attached hydrogens (tertiary/aromatic N) is 4. The Bertz CT molecular complexity index is 827. The Hall–Kier alpha value is -3.16. The lowest BCUT2D eigenvalue weighted by atomic mass is 10.3. The number of fused-ring (bicyclic) bond motifs is 1. The maximum Gasteiger partial charge on any atom is 0.269 e. The van der Waals surface area contributed by atoms with Gasteiger partial charge in [-0.05, 0) is 19.1 Å². The molecule has 0 bridgehead atoms. The minimum absolute atomic E-state index is 0.0216. The quantitative estimate of drug-likeness (QED) is 0.586. The lowest BCUT2D eigenvalue weighted by Gasteiger charge is -2.06. The van der Waals surface area contributed by atoms with E-state index in [0.29, 0.717) is 16.8 Å². The van der Waals surface area contributed by atoms with Gasteiger partial charge >= 0.3 is 0 Å². The topological polar surface area (TPSA) is 103 Å². The molecule has 0 saturated carbocycles. The van der Waals surface area contributed by atoms with E-state index in [1.165, 1.54) is 41.3 Å². The summed E-state index contributed by atoms with van der Waals surface area (Å²) in [6, 6.07) is 5.65. The molecule has 0 unspecified atom stereocenters. The van der Waals surface area contributed by atoms with Gasteiger partial charge in [-0.1, -0.05) is 13.8 Å². The van der Waals surface area contributed by atoms with Crippen molar-refractivity contribution in [3.63, 3.8) is 0 Å². The number of nitro benzene ring substituents is 1. The van der Waals surface area contributed by atoms with Crippen molar-refractivity contribution in [2.75, 3.05) is 0 Å². The van der Waals surface area contributed by atoms with Crippen LogP contribution in [0.4, 0.5) is 5.69 Å². The van der Waals surface area contributed by atoms with E-state index < -0.39 is 4.92 Å². The molecule has 0 saturated heterocycles. The van der Waals surface area contributed by atoms with Gasteiger partial charge in [0, 0.05) is 17.7 Å². The van der Waals surface area contributed by atoms with Crippen molar-refractivity contribution < 1.29 is 14.8 Å². The highest BCUT2D eigenvalue weighted by Crippen LogP contribution is 2.31. The Morgan fingerprint density at radius 1 is 1.26 bits per heavy atom. The Morgan fingerprint density at radius 3 is 2.52 bits per heavy atom. The van der Waals surface area contributed by atoms with Gasteiger partial charge in [0.15, 0.2) is 0 Å². The molecule has 0 aliphatic heterocycles. The molecule has 0 radical (unpaired) electrons. The van der Waals surface area contributed by atoms with Crippen molar-refractivity contribution in [3.05, 3.63) is 52.5 Å². The first kappa shape index (κ1) is 16.2. The fourth-order valence-electron chi connectivity index (χ4n) is 1.94. The lowest BCUT2D eigenvalue weighted by Crippen LogP contribution is -1.96. The molecule has 0 atom stereocenters. The van der Waals surface area contributed by atoms with Gasteiger partial charge < -0.3 is 9.84 Å². The van der Waals surface area contributed by atoms with E-state index >= 15 is 0 Å². The van der Waals surface area contributed by atoms with Crippen LogP contribution < -0.4 is 4.74 Å². The SMILES string of the molecule is CC.Cc1c(O)cn2ncnc(Oc3ccc([N+](=O)[O-])cc3)c12. The van der Waals surface area contributed by atoms with Gasteiger partial charge in [0.05, 0.1) is 11.1 Å². The Labute approximate surface area is 132 Å². The lowest BCUT2D eigenvalue weighted by molar-refractivity contribution is -0.384. The van der Waals surface area contributed by atoms with E-state index in [4.69, 9.17) is 4.74 Å². The summed E-state index contributed by atoms with van der Waals surface area (Å²) in [4.78, 5) is 14.2. The number of non-ortho nitro benzene ring substituents is 1. The van der Waals surface area contributed by atoms with Gasteiger partial charge in [-0.3, -0.25) is 10.1 Å². The molecule has 8 nitrogen and oxygen atoms in total. The molecular weight excluding hydrogens is 300 g/mol. The summed E-state index contributed by atoms with van der Waals surface area (Å²) >= 11 is 0. The molecular formula is C15H16N4O4. The van der Waals surface area contributed by atoms with E-state index in [0.717, 1.165) is 0 Å². The minimum atomic E-state index is -0.484. The third kappa shape index (κ3) is 3.20. The summed E-state index contributed by atoms with van der Waals surface area (Å²) in [5, 5.41) is 24.3. The fourth-order valence-corrected chi connectivity index (χ4v) is 1.94. The summed E-state index contributed by atoms with van der Waals surface area (Å²) in [7, 11) is 0. The summed E-state index contributed by atoms with van der Waals surface area (Å²) in [5.74, 6) is 0.752. The van der Waals surface area contributed by atoms with E-state index in [1.54, 1.807) is 6.92 Å². The first-order valence-corrected chi connectivity index (χ1v) is 7.00. The summed E-state index contributed by atoms with van der Waals surface area (Å²) in [6.45, 7) is 5.72. The maximum atomic E-state index is 10.6. The van der Waals surface area contributed by atoms with Gasteiger partial charge in [0.2, 0.25) is 5.88 Å². The van der Waals surface area contributed by atoms with Crippen molar-refractivity contribution >= 4 is 11.2 Å². The van der Waals surface area contributed by atoms with Crippen LogP contribution in [0, 0.1) is 17.0 Å². The number of ether oxygens (including phenoxy) is 1. The highest BCUT2D eigenvalue weighted by Gasteiger charge is 2.14. The van der Waals surface area contributed by atoms with Gasteiger partial charge in [-0.15, -0.1) is 0 Å². The van der Waals surface area contributed by atoms with Gasteiger partial charge in [-0.2, -0.15) is 10.1 Å². The number of aromatic nitrogens is 3. The molecule has 120 valence electrons. The van der Waals surface area contributed by atoms with Crippen molar-refractivity contribution in [2.45, 2.75) is 20.8 Å². The van der Waals surface area contributed by atoms with Crippen molar-refractivity contribution in [1.29, 1.82) is 0 Å². The molecule has 0 fully saturated rings. The van der Waals surface area contributed by atoms with Crippen molar-refractivity contribution in [3.8, 4) is 17.4 Å². The zero-order valence-electron chi connectivity index (χ0n) is 12.9. The predicted molar refractivity (Wildman–Crippen MR) is 83.9 cm³/mol. The summed E-state index contributed by atoms with van der Waals surface area (Å²) in [5.41, 5.74) is 1.10. The van der Waals surface area contributed by atoms with Crippen LogP contribution in [0.3, 0.4) is 0 Å². The largest absolute Gasteiger partial charge is 0.506 e. The fraction of sp³-hybridized carbons (Fsp3) is 0.200. The number of nitro groups is 1. The molecule has 1 aromatic carbocycles. The Balaban J connectivity index is 0.000000924. The van der Waals surface area contributed by atoms with Crippen molar-refractivity contribution in [1.82, 2.24) is 14.6 Å². The zero-order chi connectivity index (χ0) is 17.0. The van der Waals surface area contributed by atoms with Crippen molar-refractivity contribution in [2.24, 2.45) is 0 Å². The molecule has 2 aromatic heterocycles. The van der Waals surface area contributed by atoms with Crippen LogP contribution in [-0.4, -0.2) is 24.6 Å². The standard InChI is InChI=1S/C13H10N4O4.C2H6/c1-8-11(18)6-16-12(8)13(14-7-15-16)21-10-4-2-9(3-5-10)17(19)20;1-2/h2-7,18H,1H3;1-2H3. The molecule has 2 heterocycles. The normalized spacial score (nSPS) is 10.0. The summed E-state index contributed by atoms with van der Waals surface area (Å²) in [6.07, 6.45) is 2.75. The van der Waals surface area contributed by atoms with E-state index in [-0.39, 0.29) is 17.3 Å². The average molecular weight is 316 g/mol. The molecule has 8 heteroatoms. The third-order valence-electron chi connectivity index (χ3n) is 3.03. The summed E-state index contributed by atoms with van der Waals surface area (Å²) < 4.78 is 7.07. The molecule has 0 aliphatic carbocycles. The van der Waals surface area contributed by atoms with E-state index in [9.17, 15) is 15.2 Å². The second-order valence-electron chi connectivity index (χ2n) is 4.35. The van der Waals surface area contributed by atoms with E-state index in [2.05, 4.69) is 10.1 Å². The predicted octanol–water partition coefficient (Wildman–Crippen LogP) is 3.47. The third-order valence-corrected chi connectivity index (χ3v) is 3.03. The molecule has 3 rings (SSSR count). The van der Waals surface area contributed by atoms with Crippen LogP contribution in [0.5, 0.6) is 17.4 Å². The number of benzene rings is 1. The highest BCUT2D eigenvalue weighted by molar-refractivity contribution is 5.67. The van der Waals surface area contributed by atoms with Crippen LogP contribution in [0.1, 0.15) is 19.4 Å². The highest BCUT2D eigenvalue weighted by atomic mass is 16.6. The zero-order valence-corrected chi connectivity index (χ0v) is 12.9. The van der Waals surface area contributed by atoms with Crippen LogP contribution in [0.2, 0.25) is 0 Å². The maximum absolute atomic E-state index is 10.6. The smallest absolute Gasteiger partial charge is 0.269 e.